The second-order valence-corrected chi connectivity index (χ2v) is 8.29. The summed E-state index contributed by atoms with van der Waals surface area (Å²) in [5.41, 5.74) is 5.68. The molecule has 3 aromatic carbocycles. The molecule has 2 amide bonds. The summed E-state index contributed by atoms with van der Waals surface area (Å²) in [5, 5.41) is 4.78. The van der Waals surface area contributed by atoms with Gasteiger partial charge in [-0.1, -0.05) is 41.9 Å². The lowest BCUT2D eigenvalue weighted by molar-refractivity contribution is 0.193. The van der Waals surface area contributed by atoms with Crippen LogP contribution < -0.4 is 5.32 Å². The molecule has 0 aliphatic carbocycles. The molecule has 0 spiro atoms. The SMILES string of the molecule is Cc1ccccc1NC(=O)N1CCc2c([nH]c3ccc(Cl)cc23)C1c1ccc(F)cc1. The van der Waals surface area contributed by atoms with E-state index in [2.05, 4.69) is 10.3 Å². The predicted octanol–water partition coefficient (Wildman–Crippen LogP) is 6.45. The highest BCUT2D eigenvalue weighted by atomic mass is 35.5. The molecular weight excluding hydrogens is 413 g/mol. The molecule has 1 aromatic heterocycles. The highest BCUT2D eigenvalue weighted by Crippen LogP contribution is 2.39. The van der Waals surface area contributed by atoms with Crippen LogP contribution in [-0.4, -0.2) is 22.5 Å². The molecule has 0 radical (unpaired) electrons. The Morgan fingerprint density at radius 1 is 1.13 bits per heavy atom. The van der Waals surface area contributed by atoms with E-state index >= 15 is 0 Å². The first-order chi connectivity index (χ1) is 15.0. The Hall–Kier alpha value is -3.31. The monoisotopic (exact) mass is 433 g/mol. The number of carbonyl (C=O) groups excluding carboxylic acids is 1. The Labute approximate surface area is 184 Å². The van der Waals surface area contributed by atoms with Crippen LogP contribution in [0.4, 0.5) is 14.9 Å². The zero-order valence-corrected chi connectivity index (χ0v) is 17.7. The molecule has 4 aromatic rings. The fourth-order valence-electron chi connectivity index (χ4n) is 4.37. The summed E-state index contributed by atoms with van der Waals surface area (Å²) in [7, 11) is 0. The van der Waals surface area contributed by atoms with Gasteiger partial charge in [0.25, 0.3) is 0 Å². The van der Waals surface area contributed by atoms with Gasteiger partial charge < -0.3 is 15.2 Å². The zero-order valence-electron chi connectivity index (χ0n) is 17.0. The first kappa shape index (κ1) is 19.6. The van der Waals surface area contributed by atoms with Crippen molar-refractivity contribution in [2.75, 3.05) is 11.9 Å². The lowest BCUT2D eigenvalue weighted by Crippen LogP contribution is -2.43. The largest absolute Gasteiger partial charge is 0.356 e. The smallest absolute Gasteiger partial charge is 0.322 e. The number of para-hydroxylation sites is 1. The predicted molar refractivity (Wildman–Crippen MR) is 122 cm³/mol. The summed E-state index contributed by atoms with van der Waals surface area (Å²) >= 11 is 6.24. The summed E-state index contributed by atoms with van der Waals surface area (Å²) < 4.78 is 13.6. The minimum Gasteiger partial charge on any atom is -0.356 e. The lowest BCUT2D eigenvalue weighted by Gasteiger charge is -2.36. The van der Waals surface area contributed by atoms with Gasteiger partial charge in [-0.15, -0.1) is 0 Å². The molecule has 6 heteroatoms. The Morgan fingerprint density at radius 3 is 2.68 bits per heavy atom. The van der Waals surface area contributed by atoms with E-state index in [1.165, 1.54) is 12.1 Å². The number of fused-ring (bicyclic) bond motifs is 3. The van der Waals surface area contributed by atoms with Crippen LogP contribution in [-0.2, 0) is 6.42 Å². The molecule has 156 valence electrons. The summed E-state index contributed by atoms with van der Waals surface area (Å²) in [4.78, 5) is 18.7. The molecular formula is C25H21ClFN3O. The molecule has 2 N–H and O–H groups in total. The van der Waals surface area contributed by atoms with E-state index < -0.39 is 0 Å². The molecule has 1 unspecified atom stereocenters. The third-order valence-electron chi connectivity index (χ3n) is 5.92. The quantitative estimate of drug-likeness (QED) is 0.375. The van der Waals surface area contributed by atoms with Gasteiger partial charge in [0.1, 0.15) is 5.82 Å². The molecule has 0 saturated heterocycles. The zero-order chi connectivity index (χ0) is 21.5. The van der Waals surface area contributed by atoms with Gasteiger partial charge in [-0.3, -0.25) is 0 Å². The van der Waals surface area contributed by atoms with Crippen LogP contribution in [0.1, 0.15) is 28.4 Å². The van der Waals surface area contributed by atoms with Gasteiger partial charge in [0, 0.05) is 33.9 Å². The van der Waals surface area contributed by atoms with Crippen LogP contribution in [0.25, 0.3) is 10.9 Å². The van der Waals surface area contributed by atoms with Crippen molar-refractivity contribution >= 4 is 34.2 Å². The van der Waals surface area contributed by atoms with Crippen LogP contribution in [0.5, 0.6) is 0 Å². The van der Waals surface area contributed by atoms with Gasteiger partial charge in [0.2, 0.25) is 0 Å². The number of benzene rings is 3. The Bertz CT molecular complexity index is 1280. The van der Waals surface area contributed by atoms with Gasteiger partial charge in [0.15, 0.2) is 0 Å². The number of urea groups is 1. The first-order valence-electron chi connectivity index (χ1n) is 10.2. The second kappa shape index (κ2) is 7.75. The van der Waals surface area contributed by atoms with E-state index in [9.17, 15) is 9.18 Å². The van der Waals surface area contributed by atoms with E-state index in [-0.39, 0.29) is 17.9 Å². The number of amides is 2. The molecule has 0 bridgehead atoms. The molecule has 1 atom stereocenters. The van der Waals surface area contributed by atoms with Gasteiger partial charge in [-0.25, -0.2) is 9.18 Å². The van der Waals surface area contributed by atoms with Crippen molar-refractivity contribution < 1.29 is 9.18 Å². The number of H-pyrrole nitrogens is 1. The maximum absolute atomic E-state index is 13.6. The minimum absolute atomic E-state index is 0.189. The van der Waals surface area contributed by atoms with Crippen LogP contribution in [0.15, 0.2) is 66.7 Å². The summed E-state index contributed by atoms with van der Waals surface area (Å²) in [6, 6.07) is 19.2. The average molecular weight is 434 g/mol. The molecule has 31 heavy (non-hydrogen) atoms. The van der Waals surface area contributed by atoms with Crippen molar-refractivity contribution in [2.24, 2.45) is 0 Å². The van der Waals surface area contributed by atoms with E-state index in [1.54, 1.807) is 17.0 Å². The third kappa shape index (κ3) is 3.55. The number of carbonyl (C=O) groups is 1. The van der Waals surface area contributed by atoms with Crippen LogP contribution in [0.3, 0.4) is 0 Å². The maximum Gasteiger partial charge on any atom is 0.322 e. The number of anilines is 1. The van der Waals surface area contributed by atoms with Crippen molar-refractivity contribution in [1.82, 2.24) is 9.88 Å². The van der Waals surface area contributed by atoms with E-state index in [4.69, 9.17) is 11.6 Å². The summed E-state index contributed by atoms with van der Waals surface area (Å²) in [6.07, 6.45) is 0.703. The number of aromatic amines is 1. The van der Waals surface area contributed by atoms with Crippen molar-refractivity contribution in [2.45, 2.75) is 19.4 Å². The molecule has 2 heterocycles. The number of hydrogen-bond acceptors (Lipinski definition) is 1. The minimum atomic E-state index is -0.362. The fourth-order valence-corrected chi connectivity index (χ4v) is 4.54. The Kier molecular flexibility index (Phi) is 4.91. The van der Waals surface area contributed by atoms with Crippen molar-refractivity contribution in [3.8, 4) is 0 Å². The number of nitrogens with one attached hydrogen (secondary N) is 2. The standard InChI is InChI=1S/C25H21ClFN3O/c1-15-4-2-3-5-21(15)29-25(31)30-13-12-19-20-14-17(26)8-11-22(20)28-23(19)24(30)16-6-9-18(27)10-7-16/h2-11,14,24,28H,12-13H2,1H3,(H,29,31). The topological polar surface area (TPSA) is 48.1 Å². The van der Waals surface area contributed by atoms with Crippen molar-refractivity contribution in [1.29, 1.82) is 0 Å². The number of aryl methyl sites for hydroxylation is 1. The Morgan fingerprint density at radius 2 is 1.90 bits per heavy atom. The number of hydrogen-bond donors (Lipinski definition) is 2. The molecule has 1 aliphatic heterocycles. The highest BCUT2D eigenvalue weighted by molar-refractivity contribution is 6.31. The molecule has 1 aliphatic rings. The second-order valence-electron chi connectivity index (χ2n) is 7.85. The highest BCUT2D eigenvalue weighted by Gasteiger charge is 2.34. The van der Waals surface area contributed by atoms with E-state index in [0.717, 1.165) is 39.0 Å². The molecule has 0 fully saturated rings. The van der Waals surface area contributed by atoms with Crippen molar-refractivity contribution in [3.05, 3.63) is 100.0 Å². The van der Waals surface area contributed by atoms with Crippen LogP contribution in [0, 0.1) is 12.7 Å². The maximum atomic E-state index is 13.6. The summed E-state index contributed by atoms with van der Waals surface area (Å²) in [6.45, 7) is 2.50. The average Bonchev–Trinajstić information content (AvgIpc) is 3.13. The van der Waals surface area contributed by atoms with Gasteiger partial charge in [-0.05, 0) is 66.4 Å². The number of halogens is 2. The molecule has 5 rings (SSSR count). The Balaban J connectivity index is 1.60. The van der Waals surface area contributed by atoms with Crippen LogP contribution >= 0.6 is 11.6 Å². The van der Waals surface area contributed by atoms with Gasteiger partial charge in [0.05, 0.1) is 6.04 Å². The fraction of sp³-hybridized carbons (Fsp3) is 0.160. The summed E-state index contributed by atoms with van der Waals surface area (Å²) in [5.74, 6) is -0.306. The number of rotatable bonds is 2. The molecule has 0 saturated carbocycles. The van der Waals surface area contributed by atoms with Crippen LogP contribution in [0.2, 0.25) is 5.02 Å². The third-order valence-corrected chi connectivity index (χ3v) is 6.16. The normalized spacial score (nSPS) is 15.7. The first-order valence-corrected chi connectivity index (χ1v) is 10.6. The number of nitrogens with zero attached hydrogens (tertiary/aromatic N) is 1. The van der Waals surface area contributed by atoms with Crippen molar-refractivity contribution in [3.63, 3.8) is 0 Å². The lowest BCUT2D eigenvalue weighted by atomic mass is 9.92. The molecule has 4 nitrogen and oxygen atoms in total. The van der Waals surface area contributed by atoms with Gasteiger partial charge >= 0.3 is 6.03 Å². The van der Waals surface area contributed by atoms with E-state index in [1.807, 2.05) is 49.4 Å². The van der Waals surface area contributed by atoms with Gasteiger partial charge in [-0.2, -0.15) is 0 Å². The number of aromatic nitrogens is 1. The van der Waals surface area contributed by atoms with E-state index in [0.29, 0.717) is 18.0 Å².